The molecule has 0 aliphatic heterocycles. The van der Waals surface area contributed by atoms with Crippen LogP contribution >= 0.6 is 0 Å². The van der Waals surface area contributed by atoms with E-state index >= 15 is 0 Å². The second-order valence-corrected chi connectivity index (χ2v) is 31.6. The van der Waals surface area contributed by atoms with Gasteiger partial charge in [0.25, 0.3) is 0 Å². The number of hydrogen-bond acceptors (Lipinski definition) is 4. The number of hydrogen-bond donors (Lipinski definition) is 0. The van der Waals surface area contributed by atoms with Crippen LogP contribution in [0.25, 0.3) is 55.0 Å². The Morgan fingerprint density at radius 3 is 1.15 bits per heavy atom. The molecule has 12 aromatic rings. The number of furan rings is 2. The monoisotopic (exact) mass is 1170 g/mol. The first kappa shape index (κ1) is 59.4. The maximum Gasteiger partial charge on any atom is 0.160 e. The van der Waals surface area contributed by atoms with Gasteiger partial charge in [-0.3, -0.25) is 0 Å². The second kappa shape index (κ2) is 20.7. The van der Waals surface area contributed by atoms with Crippen LogP contribution in [0.2, 0.25) is 0 Å². The van der Waals surface area contributed by atoms with E-state index in [0.717, 1.165) is 83.6 Å². The molecule has 0 saturated carbocycles. The average molecular weight is 1170 g/mol. The maximum absolute atomic E-state index is 7.45. The Kier molecular flexibility index (Phi) is 13.8. The van der Waals surface area contributed by atoms with Gasteiger partial charge in [-0.15, -0.1) is 0 Å². The summed E-state index contributed by atoms with van der Waals surface area (Å²) in [5, 5.41) is 4.37. The largest absolute Gasteiger partial charge is 0.456 e. The fraction of sp³-hybridized carbons (Fsp3) is 0.294. The Hall–Kier alpha value is -8.60. The quantitative estimate of drug-likeness (QED) is 0.152. The van der Waals surface area contributed by atoms with Crippen LogP contribution in [-0.4, -0.2) is 0 Å². The van der Waals surface area contributed by atoms with Gasteiger partial charge in [-0.05, 0) is 196 Å². The van der Waals surface area contributed by atoms with Crippen LogP contribution in [0.5, 0.6) is 0 Å². The minimum absolute atomic E-state index is 0.0162. The molecule has 0 saturated heterocycles. The molecule has 1 aliphatic rings. The number of nitrogens with zero attached hydrogens (tertiary/aromatic N) is 2. The predicted molar refractivity (Wildman–Crippen MR) is 380 cm³/mol. The number of rotatable bonds is 8. The molecule has 1 aliphatic carbocycles. The number of anilines is 6. The van der Waals surface area contributed by atoms with E-state index in [-0.39, 0.29) is 32.5 Å². The lowest BCUT2D eigenvalue weighted by Gasteiger charge is -2.36. The molecule has 0 radical (unpaired) electrons. The van der Waals surface area contributed by atoms with Gasteiger partial charge in [0.15, 0.2) is 5.58 Å². The van der Waals surface area contributed by atoms with Crippen LogP contribution in [0, 0.1) is 0 Å². The third-order valence-corrected chi connectivity index (χ3v) is 19.1. The van der Waals surface area contributed by atoms with Crippen LogP contribution in [0.15, 0.2) is 215 Å². The first-order valence-corrected chi connectivity index (χ1v) is 32.1. The lowest BCUT2D eigenvalue weighted by Crippen LogP contribution is -2.29. The third kappa shape index (κ3) is 10.3. The first-order chi connectivity index (χ1) is 41.9. The minimum Gasteiger partial charge on any atom is -0.456 e. The highest BCUT2D eigenvalue weighted by atomic mass is 16.3. The van der Waals surface area contributed by atoms with Gasteiger partial charge in [0.2, 0.25) is 0 Å². The molecule has 1 atom stereocenters. The molecule has 0 fully saturated rings. The molecular formula is C85H88N2O2. The van der Waals surface area contributed by atoms with Crippen molar-refractivity contribution in [2.75, 3.05) is 9.80 Å². The van der Waals surface area contributed by atoms with Gasteiger partial charge < -0.3 is 18.6 Å². The van der Waals surface area contributed by atoms with E-state index in [0.29, 0.717) is 0 Å². The Balaban J connectivity index is 1.20. The molecule has 2 heterocycles. The average Bonchev–Trinajstić information content (AvgIpc) is 1.52. The zero-order chi connectivity index (χ0) is 63.1. The van der Waals surface area contributed by atoms with Crippen molar-refractivity contribution in [3.8, 4) is 11.1 Å². The molecule has 4 nitrogen and oxygen atoms in total. The van der Waals surface area contributed by atoms with Gasteiger partial charge in [-0.1, -0.05) is 234 Å². The normalized spacial score (nSPS) is 14.9. The second-order valence-electron chi connectivity index (χ2n) is 31.6. The Morgan fingerprint density at radius 2 is 0.674 bits per heavy atom. The van der Waals surface area contributed by atoms with E-state index in [2.05, 4.69) is 341 Å². The highest BCUT2D eigenvalue weighted by molar-refractivity contribution is 6.20. The van der Waals surface area contributed by atoms with E-state index in [9.17, 15) is 0 Å². The van der Waals surface area contributed by atoms with Crippen molar-refractivity contribution in [1.29, 1.82) is 0 Å². The number of benzene rings is 10. The Bertz CT molecular complexity index is 4550. The van der Waals surface area contributed by atoms with Crippen molar-refractivity contribution < 1.29 is 8.83 Å². The van der Waals surface area contributed by atoms with Gasteiger partial charge in [-0.25, -0.2) is 0 Å². The van der Waals surface area contributed by atoms with Gasteiger partial charge in [0, 0.05) is 50.0 Å². The molecule has 89 heavy (non-hydrogen) atoms. The molecule has 4 heteroatoms. The van der Waals surface area contributed by atoms with Gasteiger partial charge in [-0.2, -0.15) is 0 Å². The zero-order valence-corrected chi connectivity index (χ0v) is 55.8. The molecule has 2 aromatic heterocycles. The van der Waals surface area contributed by atoms with Crippen molar-refractivity contribution in [3.05, 3.63) is 262 Å². The summed E-state index contributed by atoms with van der Waals surface area (Å²) in [5.41, 5.74) is 23.3. The highest BCUT2D eigenvalue weighted by Crippen LogP contribution is 2.62. The van der Waals surface area contributed by atoms with E-state index in [1.54, 1.807) is 0 Å². The summed E-state index contributed by atoms with van der Waals surface area (Å²) in [4.78, 5) is 4.92. The fourth-order valence-electron chi connectivity index (χ4n) is 13.8. The summed E-state index contributed by atoms with van der Waals surface area (Å²) in [7, 11) is 0. The SMILES string of the molecule is CC(C)(C)c1ccc(N(c2ccc(C(C)(C)C)cc2)c2ccc3c(c2)C(c2ccc(C(C)(C)C)cc2)(c2ccc4oc5ccc(C(C)(C)C)cc5c4c2)c2cc(N(c4ccc(C(C)(C)C)cc4)c4ccc(C(C)(C)C)cc4)c4oc5ccccc5c4c2-3)cc1. The first-order valence-electron chi connectivity index (χ1n) is 32.1. The minimum atomic E-state index is -0.923. The van der Waals surface area contributed by atoms with Crippen LogP contribution in [0.1, 0.15) is 180 Å². The smallest absolute Gasteiger partial charge is 0.160 e. The summed E-state index contributed by atoms with van der Waals surface area (Å²) in [5.74, 6) is 0. The Morgan fingerprint density at radius 1 is 0.292 bits per heavy atom. The molecule has 450 valence electrons. The van der Waals surface area contributed by atoms with Gasteiger partial charge >= 0.3 is 0 Å². The van der Waals surface area contributed by atoms with Crippen molar-refractivity contribution in [2.24, 2.45) is 0 Å². The van der Waals surface area contributed by atoms with Crippen LogP contribution in [0.4, 0.5) is 34.1 Å². The van der Waals surface area contributed by atoms with Gasteiger partial charge in [0.1, 0.15) is 16.7 Å². The predicted octanol–water partition coefficient (Wildman–Crippen LogP) is 24.6. The fourth-order valence-corrected chi connectivity index (χ4v) is 13.8. The maximum atomic E-state index is 7.45. The van der Waals surface area contributed by atoms with Crippen molar-refractivity contribution in [1.82, 2.24) is 0 Å². The molecular weight excluding hydrogens is 1080 g/mol. The van der Waals surface area contributed by atoms with Crippen molar-refractivity contribution >= 4 is 78.0 Å². The topological polar surface area (TPSA) is 32.8 Å². The molecule has 1 unspecified atom stereocenters. The summed E-state index contributed by atoms with van der Waals surface area (Å²) >= 11 is 0. The molecule has 13 rings (SSSR count). The molecule has 0 N–H and O–H groups in total. The molecule has 0 bridgehead atoms. The van der Waals surface area contributed by atoms with Crippen LogP contribution < -0.4 is 9.80 Å². The van der Waals surface area contributed by atoms with Crippen molar-refractivity contribution in [3.63, 3.8) is 0 Å². The van der Waals surface area contributed by atoms with Crippen LogP contribution in [0.3, 0.4) is 0 Å². The van der Waals surface area contributed by atoms with E-state index in [1.807, 2.05) is 0 Å². The lowest BCUT2D eigenvalue weighted by molar-refractivity contribution is 0.589. The third-order valence-electron chi connectivity index (χ3n) is 19.1. The number of para-hydroxylation sites is 1. The van der Waals surface area contributed by atoms with Gasteiger partial charge in [0.05, 0.1) is 11.1 Å². The molecule has 0 spiro atoms. The summed E-state index contributed by atoms with van der Waals surface area (Å²) in [6.07, 6.45) is 0. The van der Waals surface area contributed by atoms with Crippen LogP contribution in [-0.2, 0) is 37.9 Å². The standard InChI is InChI=1S/C85H88N2O2/c1-79(2,3)53-23-25-58(26-24-53)85(60-36-48-75-69(50-60)68-49-59(84(16,17)18)35-47-74(68)88-75)70-51-65(86(61-37-27-54(28-38-61)80(4,5)6)62-39-29-55(30-40-62)81(7,8)9)45-46-66(70)76-71(85)52-72(78-77(76)67-21-19-20-22-73(67)89-78)87(63-41-31-56(32-42-63)82(10,11)12)64-43-33-57(34-44-64)83(13,14)15/h19-52H,1-18H3. The summed E-state index contributed by atoms with van der Waals surface area (Å²) in [6, 6.07) is 78.9. The highest BCUT2D eigenvalue weighted by Gasteiger charge is 2.49. The van der Waals surface area contributed by atoms with E-state index < -0.39 is 5.41 Å². The summed E-state index contributed by atoms with van der Waals surface area (Å²) < 4.78 is 14.3. The van der Waals surface area contributed by atoms with Crippen molar-refractivity contribution in [2.45, 2.75) is 163 Å². The number of fused-ring (bicyclic) bond motifs is 10. The van der Waals surface area contributed by atoms with E-state index in [1.165, 1.54) is 61.2 Å². The zero-order valence-electron chi connectivity index (χ0n) is 55.8. The summed E-state index contributed by atoms with van der Waals surface area (Å²) in [6.45, 7) is 41.3. The molecule has 10 aromatic carbocycles. The van der Waals surface area contributed by atoms with E-state index in [4.69, 9.17) is 8.83 Å². The lowest BCUT2D eigenvalue weighted by atomic mass is 9.66. The Labute approximate surface area is 529 Å². The molecule has 0 amide bonds.